The molecule has 1 aromatic carbocycles. The maximum Gasteiger partial charge on any atom is 0.185 e. The summed E-state index contributed by atoms with van der Waals surface area (Å²) in [6.45, 7) is 0. The first-order valence-electron chi connectivity index (χ1n) is 4.53. The zero-order chi connectivity index (χ0) is 11.5. The highest BCUT2D eigenvalue weighted by Gasteiger charge is 2.07. The van der Waals surface area contributed by atoms with Crippen LogP contribution in [0.5, 0.6) is 5.75 Å². The fourth-order valence-electron chi connectivity index (χ4n) is 1.35. The maximum atomic E-state index is 10.4. The first-order valence-corrected chi connectivity index (χ1v) is 4.53. The van der Waals surface area contributed by atoms with Crippen molar-refractivity contribution in [3.8, 4) is 23.1 Å². The van der Waals surface area contributed by atoms with Crippen LogP contribution in [0.1, 0.15) is 16.1 Å². The zero-order valence-corrected chi connectivity index (χ0v) is 8.18. The van der Waals surface area contributed by atoms with Gasteiger partial charge in [-0.1, -0.05) is 0 Å². The molecule has 0 fully saturated rings. The Kier molecular flexibility index (Phi) is 2.44. The third kappa shape index (κ3) is 1.66. The maximum absolute atomic E-state index is 10.4. The van der Waals surface area contributed by atoms with Crippen molar-refractivity contribution in [1.82, 2.24) is 0 Å². The predicted molar refractivity (Wildman–Crippen MR) is 55.9 cm³/mol. The number of hydrogen-bond donors (Lipinski definition) is 1. The number of carbonyl (C=O) groups excluding carboxylic acids is 1. The lowest BCUT2D eigenvalue weighted by molar-refractivity contribution is 0.110. The van der Waals surface area contributed by atoms with Gasteiger partial charge in [-0.15, -0.1) is 0 Å². The number of hydrogen-bond acceptors (Lipinski definition) is 4. The summed E-state index contributed by atoms with van der Waals surface area (Å²) in [5.74, 6) is 0.633. The molecule has 0 unspecified atom stereocenters. The standard InChI is InChI=1S/C12H7NO3/c13-6-9-5-8(1-3-11(9)15)12-4-2-10(7-14)16-12/h1-5,7,15H. The third-order valence-corrected chi connectivity index (χ3v) is 2.14. The Morgan fingerprint density at radius 1 is 1.31 bits per heavy atom. The van der Waals surface area contributed by atoms with Gasteiger partial charge in [-0.25, -0.2) is 0 Å². The van der Waals surface area contributed by atoms with E-state index in [4.69, 9.17) is 9.68 Å². The summed E-state index contributed by atoms with van der Waals surface area (Å²) in [6, 6.07) is 9.58. The van der Waals surface area contributed by atoms with Crippen molar-refractivity contribution in [3.63, 3.8) is 0 Å². The summed E-state index contributed by atoms with van der Waals surface area (Å²) >= 11 is 0. The Hall–Kier alpha value is -2.54. The first-order chi connectivity index (χ1) is 7.74. The van der Waals surface area contributed by atoms with Crippen molar-refractivity contribution in [1.29, 1.82) is 5.26 Å². The minimum absolute atomic E-state index is 0.0755. The van der Waals surface area contributed by atoms with Crippen LogP contribution in [0.4, 0.5) is 0 Å². The van der Waals surface area contributed by atoms with Gasteiger partial charge in [0.2, 0.25) is 0 Å². The van der Waals surface area contributed by atoms with Gasteiger partial charge in [-0.3, -0.25) is 4.79 Å². The van der Waals surface area contributed by atoms with Crippen molar-refractivity contribution < 1.29 is 14.3 Å². The average molecular weight is 213 g/mol. The molecule has 1 heterocycles. The molecule has 0 aliphatic carbocycles. The fourth-order valence-corrected chi connectivity index (χ4v) is 1.35. The van der Waals surface area contributed by atoms with Gasteiger partial charge < -0.3 is 9.52 Å². The summed E-state index contributed by atoms with van der Waals surface area (Å²) < 4.78 is 5.20. The van der Waals surface area contributed by atoms with Gasteiger partial charge in [0.1, 0.15) is 17.6 Å². The highest BCUT2D eigenvalue weighted by Crippen LogP contribution is 2.26. The average Bonchev–Trinajstić information content (AvgIpc) is 2.78. The van der Waals surface area contributed by atoms with Crippen molar-refractivity contribution in [2.24, 2.45) is 0 Å². The molecule has 78 valence electrons. The fraction of sp³-hybridized carbons (Fsp3) is 0. The number of carbonyl (C=O) groups is 1. The highest BCUT2D eigenvalue weighted by molar-refractivity contribution is 5.73. The smallest absolute Gasteiger partial charge is 0.185 e. The summed E-state index contributed by atoms with van der Waals surface area (Å²) in [5.41, 5.74) is 0.809. The van der Waals surface area contributed by atoms with Gasteiger partial charge in [0.05, 0.1) is 5.56 Å². The number of rotatable bonds is 2. The second-order valence-electron chi connectivity index (χ2n) is 3.16. The Bertz CT molecular complexity index is 578. The van der Waals surface area contributed by atoms with Gasteiger partial charge >= 0.3 is 0 Å². The van der Waals surface area contributed by atoms with E-state index in [1.807, 2.05) is 6.07 Å². The second-order valence-corrected chi connectivity index (χ2v) is 3.16. The van der Waals surface area contributed by atoms with Crippen molar-refractivity contribution >= 4 is 6.29 Å². The van der Waals surface area contributed by atoms with E-state index in [1.165, 1.54) is 12.1 Å². The van der Waals surface area contributed by atoms with E-state index in [0.717, 1.165) is 0 Å². The molecule has 0 amide bonds. The summed E-state index contributed by atoms with van der Waals surface area (Å²) in [7, 11) is 0. The van der Waals surface area contributed by atoms with Crippen LogP contribution in [0.25, 0.3) is 11.3 Å². The minimum Gasteiger partial charge on any atom is -0.507 e. The van der Waals surface area contributed by atoms with Gasteiger partial charge in [0.15, 0.2) is 12.0 Å². The lowest BCUT2D eigenvalue weighted by atomic mass is 10.1. The largest absolute Gasteiger partial charge is 0.507 e. The van der Waals surface area contributed by atoms with Crippen molar-refractivity contribution in [2.75, 3.05) is 0 Å². The van der Waals surface area contributed by atoms with E-state index >= 15 is 0 Å². The minimum atomic E-state index is -0.0755. The van der Waals surface area contributed by atoms with Crippen LogP contribution in [-0.2, 0) is 0 Å². The molecule has 0 atom stereocenters. The van der Waals surface area contributed by atoms with Gasteiger partial charge in [-0.2, -0.15) is 5.26 Å². The number of aromatic hydroxyl groups is 1. The van der Waals surface area contributed by atoms with Crippen LogP contribution >= 0.6 is 0 Å². The van der Waals surface area contributed by atoms with Crippen LogP contribution in [0.2, 0.25) is 0 Å². The van der Waals surface area contributed by atoms with Crippen LogP contribution in [-0.4, -0.2) is 11.4 Å². The third-order valence-electron chi connectivity index (χ3n) is 2.14. The summed E-state index contributed by atoms with van der Waals surface area (Å²) in [5, 5.41) is 18.1. The molecular weight excluding hydrogens is 206 g/mol. The topological polar surface area (TPSA) is 74.2 Å². The SMILES string of the molecule is N#Cc1cc(-c2ccc(C=O)o2)ccc1O. The molecule has 2 aromatic rings. The molecular formula is C12H7NO3. The number of phenols is 1. The van der Waals surface area contributed by atoms with E-state index in [1.54, 1.807) is 18.2 Å². The molecule has 4 nitrogen and oxygen atoms in total. The number of nitriles is 1. The Morgan fingerprint density at radius 2 is 2.12 bits per heavy atom. The van der Waals surface area contributed by atoms with Crippen LogP contribution in [0.15, 0.2) is 34.7 Å². The van der Waals surface area contributed by atoms with E-state index < -0.39 is 0 Å². The lowest BCUT2D eigenvalue weighted by Gasteiger charge is -1.99. The number of aldehydes is 1. The molecule has 0 saturated carbocycles. The number of furan rings is 1. The Morgan fingerprint density at radius 3 is 2.75 bits per heavy atom. The normalized spacial score (nSPS) is 9.69. The molecule has 4 heteroatoms. The van der Waals surface area contributed by atoms with Crippen molar-refractivity contribution in [3.05, 3.63) is 41.7 Å². The first kappa shape index (κ1) is 9.99. The van der Waals surface area contributed by atoms with Gasteiger partial charge in [0, 0.05) is 5.56 Å². The molecule has 0 aliphatic heterocycles. The zero-order valence-electron chi connectivity index (χ0n) is 8.18. The van der Waals surface area contributed by atoms with E-state index in [-0.39, 0.29) is 17.1 Å². The number of nitrogens with zero attached hydrogens (tertiary/aromatic N) is 1. The molecule has 0 aliphatic rings. The van der Waals surface area contributed by atoms with E-state index in [2.05, 4.69) is 0 Å². The lowest BCUT2D eigenvalue weighted by Crippen LogP contribution is -1.79. The molecule has 0 spiro atoms. The molecule has 0 radical (unpaired) electrons. The van der Waals surface area contributed by atoms with Crippen LogP contribution < -0.4 is 0 Å². The van der Waals surface area contributed by atoms with Crippen LogP contribution in [0, 0.1) is 11.3 Å². The summed E-state index contributed by atoms with van der Waals surface area (Å²) in [6.07, 6.45) is 0.606. The summed E-state index contributed by atoms with van der Waals surface area (Å²) in [4.78, 5) is 10.4. The number of phenolic OH excluding ortho intramolecular Hbond substituents is 1. The van der Waals surface area contributed by atoms with Gasteiger partial charge in [0.25, 0.3) is 0 Å². The quantitative estimate of drug-likeness (QED) is 0.777. The Balaban J connectivity index is 2.48. The Labute approximate surface area is 91.4 Å². The van der Waals surface area contributed by atoms with E-state index in [0.29, 0.717) is 17.6 Å². The molecule has 0 saturated heterocycles. The molecule has 2 rings (SSSR count). The van der Waals surface area contributed by atoms with Crippen LogP contribution in [0.3, 0.4) is 0 Å². The molecule has 1 N–H and O–H groups in total. The van der Waals surface area contributed by atoms with Gasteiger partial charge in [-0.05, 0) is 30.3 Å². The second kappa shape index (κ2) is 3.91. The molecule has 1 aromatic heterocycles. The predicted octanol–water partition coefficient (Wildman–Crippen LogP) is 2.34. The monoisotopic (exact) mass is 213 g/mol. The van der Waals surface area contributed by atoms with E-state index in [9.17, 15) is 9.90 Å². The highest BCUT2D eigenvalue weighted by atomic mass is 16.3. The van der Waals surface area contributed by atoms with Crippen molar-refractivity contribution in [2.45, 2.75) is 0 Å². The molecule has 16 heavy (non-hydrogen) atoms. The molecule has 0 bridgehead atoms. The number of benzene rings is 1.